The minimum Gasteiger partial charge on any atom is -0.407 e. The third-order valence-corrected chi connectivity index (χ3v) is 1.98. The summed E-state index contributed by atoms with van der Waals surface area (Å²) in [6.45, 7) is 5.77. The van der Waals surface area contributed by atoms with E-state index in [9.17, 15) is 9.59 Å². The Balaban J connectivity index is 0.000000606. The van der Waals surface area contributed by atoms with E-state index in [-0.39, 0.29) is 11.1 Å². The van der Waals surface area contributed by atoms with E-state index in [2.05, 4.69) is 4.98 Å². The third kappa shape index (κ3) is 2.03. The van der Waals surface area contributed by atoms with Gasteiger partial charge in [0.05, 0.1) is 0 Å². The van der Waals surface area contributed by atoms with Crippen molar-refractivity contribution >= 4 is 11.1 Å². The maximum Gasteiger partial charge on any atom is 0.422 e. The Hall–Kier alpha value is -1.91. The molecule has 0 saturated carbocycles. The standard InChI is InChI=1S/C9H8N2O3.C2H6/c1-5-3-4-6-7(10-5)8(12)11(2)9(13)14-6;1-2/h3-4H,1-2H3;1-2H3. The molecule has 16 heavy (non-hydrogen) atoms. The molecule has 0 saturated heterocycles. The highest BCUT2D eigenvalue weighted by Crippen LogP contribution is 2.04. The van der Waals surface area contributed by atoms with Crippen LogP contribution in [0.4, 0.5) is 0 Å². The van der Waals surface area contributed by atoms with E-state index in [4.69, 9.17) is 4.42 Å². The number of aromatic nitrogens is 2. The molecular formula is C11H14N2O3. The molecule has 0 radical (unpaired) electrons. The van der Waals surface area contributed by atoms with Crippen LogP contribution < -0.4 is 11.3 Å². The van der Waals surface area contributed by atoms with Gasteiger partial charge in [0.2, 0.25) is 0 Å². The van der Waals surface area contributed by atoms with E-state index in [0.29, 0.717) is 5.69 Å². The average molecular weight is 222 g/mol. The number of rotatable bonds is 0. The lowest BCUT2D eigenvalue weighted by molar-refractivity contribution is 0.483. The normalized spacial score (nSPS) is 9.75. The lowest BCUT2D eigenvalue weighted by atomic mass is 10.3. The summed E-state index contributed by atoms with van der Waals surface area (Å²) in [6, 6.07) is 3.26. The van der Waals surface area contributed by atoms with Crippen LogP contribution in [0.5, 0.6) is 0 Å². The molecule has 0 aliphatic heterocycles. The second-order valence-corrected chi connectivity index (χ2v) is 3.03. The molecule has 0 spiro atoms. The van der Waals surface area contributed by atoms with Crippen molar-refractivity contribution in [3.8, 4) is 0 Å². The van der Waals surface area contributed by atoms with Crippen molar-refractivity contribution in [3.05, 3.63) is 38.7 Å². The highest BCUT2D eigenvalue weighted by Gasteiger charge is 2.07. The van der Waals surface area contributed by atoms with Crippen molar-refractivity contribution < 1.29 is 4.42 Å². The Labute approximate surface area is 92.4 Å². The summed E-state index contributed by atoms with van der Waals surface area (Å²) in [6.07, 6.45) is 0. The second-order valence-electron chi connectivity index (χ2n) is 3.03. The minimum absolute atomic E-state index is 0.187. The van der Waals surface area contributed by atoms with Crippen LogP contribution in [0.15, 0.2) is 26.1 Å². The van der Waals surface area contributed by atoms with Gasteiger partial charge in [0.1, 0.15) is 0 Å². The van der Waals surface area contributed by atoms with Gasteiger partial charge < -0.3 is 4.42 Å². The van der Waals surface area contributed by atoms with Crippen molar-refractivity contribution in [2.75, 3.05) is 0 Å². The van der Waals surface area contributed by atoms with Gasteiger partial charge in [-0.2, -0.15) is 0 Å². The van der Waals surface area contributed by atoms with Crippen LogP contribution in [-0.2, 0) is 7.05 Å². The summed E-state index contributed by atoms with van der Waals surface area (Å²) in [4.78, 5) is 26.7. The summed E-state index contributed by atoms with van der Waals surface area (Å²) in [5.74, 6) is -0.673. The molecule has 0 N–H and O–H groups in total. The van der Waals surface area contributed by atoms with Crippen LogP contribution in [0, 0.1) is 6.92 Å². The van der Waals surface area contributed by atoms with Crippen LogP contribution in [0.3, 0.4) is 0 Å². The van der Waals surface area contributed by atoms with E-state index < -0.39 is 11.3 Å². The first-order valence-corrected chi connectivity index (χ1v) is 5.07. The van der Waals surface area contributed by atoms with Gasteiger partial charge in [0.25, 0.3) is 5.56 Å². The van der Waals surface area contributed by atoms with Gasteiger partial charge in [0.15, 0.2) is 11.1 Å². The second kappa shape index (κ2) is 4.74. The number of hydrogen-bond acceptors (Lipinski definition) is 4. The lowest BCUT2D eigenvalue weighted by Gasteiger charge is -1.98. The topological polar surface area (TPSA) is 65.1 Å². The summed E-state index contributed by atoms with van der Waals surface area (Å²) >= 11 is 0. The minimum atomic E-state index is -0.673. The Morgan fingerprint density at radius 2 is 1.88 bits per heavy atom. The average Bonchev–Trinajstić information content (AvgIpc) is 2.30. The van der Waals surface area contributed by atoms with E-state index >= 15 is 0 Å². The van der Waals surface area contributed by atoms with Crippen LogP contribution >= 0.6 is 0 Å². The van der Waals surface area contributed by atoms with Gasteiger partial charge in [0, 0.05) is 12.7 Å². The van der Waals surface area contributed by atoms with Crippen LogP contribution in [0.2, 0.25) is 0 Å². The SMILES string of the molecule is CC.Cc1ccc2oc(=O)n(C)c(=O)c2n1. The highest BCUT2D eigenvalue weighted by atomic mass is 16.4. The Bertz CT molecular complexity index is 611. The van der Waals surface area contributed by atoms with Gasteiger partial charge in [-0.05, 0) is 19.1 Å². The van der Waals surface area contributed by atoms with Gasteiger partial charge >= 0.3 is 5.76 Å². The molecule has 0 aliphatic rings. The third-order valence-electron chi connectivity index (χ3n) is 1.98. The molecule has 2 heterocycles. The number of hydrogen-bond donors (Lipinski definition) is 0. The van der Waals surface area contributed by atoms with Crippen LogP contribution in [0.1, 0.15) is 19.5 Å². The molecule has 2 aromatic heterocycles. The number of pyridine rings is 1. The zero-order valence-electron chi connectivity index (χ0n) is 9.77. The van der Waals surface area contributed by atoms with Gasteiger partial charge in [-0.25, -0.2) is 14.3 Å². The highest BCUT2D eigenvalue weighted by molar-refractivity contribution is 5.70. The molecule has 0 aromatic carbocycles. The Morgan fingerprint density at radius 3 is 2.50 bits per heavy atom. The van der Waals surface area contributed by atoms with E-state index in [1.165, 1.54) is 7.05 Å². The fourth-order valence-electron chi connectivity index (χ4n) is 1.18. The van der Waals surface area contributed by atoms with Crippen molar-refractivity contribution in [1.82, 2.24) is 9.55 Å². The monoisotopic (exact) mass is 222 g/mol. The summed E-state index contributed by atoms with van der Waals surface area (Å²) in [5, 5.41) is 0. The fraction of sp³-hybridized carbons (Fsp3) is 0.364. The predicted molar refractivity (Wildman–Crippen MR) is 61.6 cm³/mol. The molecule has 0 bridgehead atoms. The maximum absolute atomic E-state index is 11.5. The Kier molecular flexibility index (Phi) is 3.60. The first kappa shape index (κ1) is 12.2. The molecule has 2 aromatic rings. The van der Waals surface area contributed by atoms with Crippen LogP contribution in [0.25, 0.3) is 11.1 Å². The number of nitrogens with zero attached hydrogens (tertiary/aromatic N) is 2. The summed E-state index contributed by atoms with van der Waals surface area (Å²) in [5.41, 5.74) is 0.694. The van der Waals surface area contributed by atoms with Crippen molar-refractivity contribution in [2.24, 2.45) is 7.05 Å². The molecule has 5 nitrogen and oxygen atoms in total. The Morgan fingerprint density at radius 1 is 1.25 bits per heavy atom. The smallest absolute Gasteiger partial charge is 0.407 e. The van der Waals surface area contributed by atoms with E-state index in [1.54, 1.807) is 19.1 Å². The number of fused-ring (bicyclic) bond motifs is 1. The van der Waals surface area contributed by atoms with Crippen molar-refractivity contribution in [2.45, 2.75) is 20.8 Å². The zero-order chi connectivity index (χ0) is 12.3. The first-order chi connectivity index (χ1) is 7.59. The largest absolute Gasteiger partial charge is 0.422 e. The quantitative estimate of drug-likeness (QED) is 0.672. The molecule has 0 unspecified atom stereocenters. The predicted octanol–water partition coefficient (Wildman–Crippen LogP) is 1.22. The molecule has 0 fully saturated rings. The van der Waals surface area contributed by atoms with Crippen molar-refractivity contribution in [3.63, 3.8) is 0 Å². The first-order valence-electron chi connectivity index (χ1n) is 5.07. The zero-order valence-corrected chi connectivity index (χ0v) is 9.77. The molecule has 0 amide bonds. The maximum atomic E-state index is 11.5. The van der Waals surface area contributed by atoms with Gasteiger partial charge in [-0.3, -0.25) is 4.79 Å². The van der Waals surface area contributed by atoms with Crippen molar-refractivity contribution in [1.29, 1.82) is 0 Å². The van der Waals surface area contributed by atoms with E-state index in [1.807, 2.05) is 13.8 Å². The molecule has 0 atom stereocenters. The molecule has 2 rings (SSSR count). The summed E-state index contributed by atoms with van der Waals surface area (Å²) < 4.78 is 5.77. The molecule has 5 heteroatoms. The molecule has 86 valence electrons. The van der Waals surface area contributed by atoms with Gasteiger partial charge in [-0.1, -0.05) is 13.8 Å². The molecule has 0 aliphatic carbocycles. The number of aryl methyl sites for hydroxylation is 1. The van der Waals surface area contributed by atoms with Gasteiger partial charge in [-0.15, -0.1) is 0 Å². The lowest BCUT2D eigenvalue weighted by Crippen LogP contribution is -2.30. The summed E-state index contributed by atoms with van der Waals surface area (Å²) in [7, 11) is 1.36. The van der Waals surface area contributed by atoms with E-state index in [0.717, 1.165) is 4.57 Å². The fourth-order valence-corrected chi connectivity index (χ4v) is 1.18. The molecular weight excluding hydrogens is 208 g/mol. The van der Waals surface area contributed by atoms with Crippen LogP contribution in [-0.4, -0.2) is 9.55 Å².